The zero-order chi connectivity index (χ0) is 26.7. The number of hydrogen-bond acceptors (Lipinski definition) is 4. The van der Waals surface area contributed by atoms with Crippen molar-refractivity contribution in [1.29, 1.82) is 0 Å². The Bertz CT molecular complexity index is 1260. The van der Waals surface area contributed by atoms with E-state index in [1.807, 2.05) is 48.5 Å². The number of nitrogen functional groups attached to an aromatic ring is 2. The van der Waals surface area contributed by atoms with Crippen LogP contribution in [0.1, 0.15) is 72.9 Å². The molecule has 4 aromatic carbocycles. The van der Waals surface area contributed by atoms with Crippen molar-refractivity contribution in [2.75, 3.05) is 11.5 Å². The van der Waals surface area contributed by atoms with Crippen LogP contribution in [0.5, 0.6) is 23.0 Å². The summed E-state index contributed by atoms with van der Waals surface area (Å²) < 4.78 is 12.9. The molecule has 0 aromatic heterocycles. The molecule has 4 heteroatoms. The number of hydrogen-bond donors (Lipinski definition) is 2. The highest BCUT2D eigenvalue weighted by atomic mass is 16.5. The van der Waals surface area contributed by atoms with Gasteiger partial charge in [0.25, 0.3) is 0 Å². The second-order valence-corrected chi connectivity index (χ2v) is 10.5. The summed E-state index contributed by atoms with van der Waals surface area (Å²) in [5.74, 6) is 4.08. The standard InChI is InChI=1S/C33H38N2O2/c1-20(2)24-15-22(5)32(36-30-11-7-28(34)8-12-30)26(17-24)19-27-18-25(21(3)4)16-23(6)33(27)37-31-13-9-29(35)10-14-31/h7-18,20-21H,19,34-35H2,1-6H3. The minimum atomic E-state index is 0.400. The minimum Gasteiger partial charge on any atom is -0.457 e. The maximum Gasteiger partial charge on any atom is 0.133 e. The van der Waals surface area contributed by atoms with E-state index in [0.717, 1.165) is 45.3 Å². The zero-order valence-corrected chi connectivity index (χ0v) is 22.8. The molecular weight excluding hydrogens is 456 g/mol. The van der Waals surface area contributed by atoms with Gasteiger partial charge in [0, 0.05) is 17.8 Å². The van der Waals surface area contributed by atoms with Crippen LogP contribution in [0.2, 0.25) is 0 Å². The number of nitrogens with two attached hydrogens (primary N) is 2. The first-order valence-corrected chi connectivity index (χ1v) is 12.9. The van der Waals surface area contributed by atoms with E-state index in [1.54, 1.807) is 0 Å². The fourth-order valence-corrected chi connectivity index (χ4v) is 4.49. The van der Waals surface area contributed by atoms with Crippen LogP contribution >= 0.6 is 0 Å². The molecule has 4 nitrogen and oxygen atoms in total. The average molecular weight is 495 g/mol. The van der Waals surface area contributed by atoms with Crippen molar-refractivity contribution in [2.24, 2.45) is 0 Å². The second-order valence-electron chi connectivity index (χ2n) is 10.5. The highest BCUT2D eigenvalue weighted by Crippen LogP contribution is 2.39. The third-order valence-electron chi connectivity index (χ3n) is 6.66. The van der Waals surface area contributed by atoms with E-state index in [4.69, 9.17) is 20.9 Å². The van der Waals surface area contributed by atoms with Gasteiger partial charge in [-0.15, -0.1) is 0 Å². The largest absolute Gasteiger partial charge is 0.457 e. The third kappa shape index (κ3) is 6.26. The molecule has 0 bridgehead atoms. The van der Waals surface area contributed by atoms with Gasteiger partial charge in [-0.2, -0.15) is 0 Å². The molecule has 0 fully saturated rings. The monoisotopic (exact) mass is 494 g/mol. The number of anilines is 2. The maximum atomic E-state index is 6.47. The van der Waals surface area contributed by atoms with Crippen molar-refractivity contribution < 1.29 is 9.47 Å². The van der Waals surface area contributed by atoms with Gasteiger partial charge >= 0.3 is 0 Å². The lowest BCUT2D eigenvalue weighted by molar-refractivity contribution is 0.467. The van der Waals surface area contributed by atoms with Gasteiger partial charge < -0.3 is 20.9 Å². The van der Waals surface area contributed by atoms with Crippen molar-refractivity contribution in [3.8, 4) is 23.0 Å². The number of aryl methyl sites for hydroxylation is 2. The number of benzene rings is 4. The molecule has 0 radical (unpaired) electrons. The van der Waals surface area contributed by atoms with Crippen LogP contribution in [0.25, 0.3) is 0 Å². The Balaban J connectivity index is 1.82. The summed E-state index contributed by atoms with van der Waals surface area (Å²) in [6.45, 7) is 13.1. The Morgan fingerprint density at radius 2 is 0.919 bits per heavy atom. The molecule has 192 valence electrons. The van der Waals surface area contributed by atoms with Gasteiger partial charge in [-0.3, -0.25) is 0 Å². The van der Waals surface area contributed by atoms with Crippen molar-refractivity contribution in [3.05, 3.63) is 106 Å². The summed E-state index contributed by atoms with van der Waals surface area (Å²) in [5, 5.41) is 0. The molecule has 0 atom stereocenters. The van der Waals surface area contributed by atoms with E-state index >= 15 is 0 Å². The summed E-state index contributed by atoms with van der Waals surface area (Å²) in [6.07, 6.45) is 0.678. The van der Waals surface area contributed by atoms with Crippen LogP contribution in [0, 0.1) is 13.8 Å². The van der Waals surface area contributed by atoms with Crippen LogP contribution in [0.4, 0.5) is 11.4 Å². The second kappa shape index (κ2) is 11.0. The highest BCUT2D eigenvalue weighted by Gasteiger charge is 2.18. The van der Waals surface area contributed by atoms with Gasteiger partial charge in [0.2, 0.25) is 0 Å². The minimum absolute atomic E-state index is 0.400. The van der Waals surface area contributed by atoms with Crippen molar-refractivity contribution in [3.63, 3.8) is 0 Å². The van der Waals surface area contributed by atoms with Gasteiger partial charge in [0.1, 0.15) is 23.0 Å². The Kier molecular flexibility index (Phi) is 7.77. The fourth-order valence-electron chi connectivity index (χ4n) is 4.49. The van der Waals surface area contributed by atoms with Gasteiger partial charge in [0.05, 0.1) is 0 Å². The third-order valence-corrected chi connectivity index (χ3v) is 6.66. The van der Waals surface area contributed by atoms with Crippen molar-refractivity contribution in [2.45, 2.75) is 59.8 Å². The number of ether oxygens (including phenoxy) is 2. The number of rotatable bonds is 8. The molecular formula is C33H38N2O2. The van der Waals surface area contributed by atoms with Gasteiger partial charge in [-0.1, -0.05) is 52.0 Å². The molecule has 0 aliphatic heterocycles. The Hall–Kier alpha value is -3.92. The topological polar surface area (TPSA) is 70.5 Å². The summed E-state index contributed by atoms with van der Waals surface area (Å²) in [4.78, 5) is 0. The molecule has 0 amide bonds. The summed E-state index contributed by atoms with van der Waals surface area (Å²) in [6, 6.07) is 24.1. The normalized spacial score (nSPS) is 11.2. The van der Waals surface area contributed by atoms with Crippen LogP contribution < -0.4 is 20.9 Å². The molecule has 0 spiro atoms. The average Bonchev–Trinajstić information content (AvgIpc) is 2.85. The fraction of sp³-hybridized carbons (Fsp3) is 0.273. The Labute approximate surface area is 221 Å². The zero-order valence-electron chi connectivity index (χ0n) is 22.8. The lowest BCUT2D eigenvalue weighted by Crippen LogP contribution is -2.03. The first-order chi connectivity index (χ1) is 17.6. The van der Waals surface area contributed by atoms with Crippen LogP contribution in [-0.2, 0) is 6.42 Å². The van der Waals surface area contributed by atoms with Crippen LogP contribution in [0.15, 0.2) is 72.8 Å². The summed E-state index contributed by atoms with van der Waals surface area (Å²) in [7, 11) is 0. The molecule has 4 rings (SSSR count). The summed E-state index contributed by atoms with van der Waals surface area (Å²) in [5.41, 5.74) is 20.3. The molecule has 0 unspecified atom stereocenters. The van der Waals surface area contributed by atoms with E-state index in [9.17, 15) is 0 Å². The lowest BCUT2D eigenvalue weighted by Gasteiger charge is -2.21. The first kappa shape index (κ1) is 26.2. The van der Waals surface area contributed by atoms with E-state index in [0.29, 0.717) is 29.6 Å². The van der Waals surface area contributed by atoms with Gasteiger partial charge in [0.15, 0.2) is 0 Å². The molecule has 0 aliphatic carbocycles. The van der Waals surface area contributed by atoms with Gasteiger partial charge in [-0.05, 0) is 108 Å². The molecule has 37 heavy (non-hydrogen) atoms. The Morgan fingerprint density at radius 1 is 0.568 bits per heavy atom. The molecule has 4 aromatic rings. The molecule has 0 saturated heterocycles. The first-order valence-electron chi connectivity index (χ1n) is 12.9. The Morgan fingerprint density at radius 3 is 1.24 bits per heavy atom. The predicted octanol–water partition coefficient (Wildman–Crippen LogP) is 8.89. The predicted molar refractivity (Wildman–Crippen MR) is 155 cm³/mol. The maximum absolute atomic E-state index is 6.47. The summed E-state index contributed by atoms with van der Waals surface area (Å²) >= 11 is 0. The van der Waals surface area contributed by atoms with Crippen LogP contribution in [0.3, 0.4) is 0 Å². The molecule has 0 saturated carbocycles. The van der Waals surface area contributed by atoms with Crippen molar-refractivity contribution in [1.82, 2.24) is 0 Å². The van der Waals surface area contributed by atoms with E-state index in [2.05, 4.69) is 65.8 Å². The van der Waals surface area contributed by atoms with Crippen LogP contribution in [-0.4, -0.2) is 0 Å². The van der Waals surface area contributed by atoms with Crippen molar-refractivity contribution >= 4 is 11.4 Å². The van der Waals surface area contributed by atoms with E-state index < -0.39 is 0 Å². The molecule has 4 N–H and O–H groups in total. The van der Waals surface area contributed by atoms with Gasteiger partial charge in [-0.25, -0.2) is 0 Å². The smallest absolute Gasteiger partial charge is 0.133 e. The molecule has 0 heterocycles. The highest BCUT2D eigenvalue weighted by molar-refractivity contribution is 5.55. The SMILES string of the molecule is Cc1cc(C(C)C)cc(Cc2cc(C(C)C)cc(C)c2Oc2ccc(N)cc2)c1Oc1ccc(N)cc1. The quantitative estimate of drug-likeness (QED) is 0.240. The van der Waals surface area contributed by atoms with E-state index in [1.165, 1.54) is 11.1 Å². The lowest BCUT2D eigenvalue weighted by atomic mass is 9.91. The van der Waals surface area contributed by atoms with E-state index in [-0.39, 0.29) is 0 Å². The molecule has 0 aliphatic rings.